The highest BCUT2D eigenvalue weighted by Crippen LogP contribution is 2.29. The number of carbonyl (C=O) groups excluding carboxylic acids is 1. The van der Waals surface area contributed by atoms with Crippen molar-refractivity contribution in [1.82, 2.24) is 9.38 Å². The molecule has 2 aromatic carbocycles. The molecule has 4 aromatic rings. The second-order valence-electron chi connectivity index (χ2n) is 6.51. The number of benzene rings is 2. The van der Waals surface area contributed by atoms with E-state index < -0.39 is 0 Å². The van der Waals surface area contributed by atoms with Gasteiger partial charge in [0.15, 0.2) is 6.61 Å². The van der Waals surface area contributed by atoms with Crippen LogP contribution >= 0.6 is 23.2 Å². The molecule has 0 unspecified atom stereocenters. The minimum atomic E-state index is -0.302. The highest BCUT2D eigenvalue weighted by Gasteiger charge is 2.13. The first-order valence-electron chi connectivity index (χ1n) is 8.93. The molecule has 0 aliphatic carbocycles. The van der Waals surface area contributed by atoms with Gasteiger partial charge in [0, 0.05) is 23.0 Å². The molecule has 0 spiro atoms. The Bertz CT molecular complexity index is 1200. The van der Waals surface area contributed by atoms with Crippen LogP contribution in [-0.2, 0) is 4.79 Å². The number of hydrogen-bond donors (Lipinski definition) is 1. The first-order valence-corrected chi connectivity index (χ1v) is 9.68. The molecule has 2 heterocycles. The van der Waals surface area contributed by atoms with Crippen LogP contribution in [0.2, 0.25) is 10.0 Å². The number of halogens is 2. The van der Waals surface area contributed by atoms with Gasteiger partial charge in [0.2, 0.25) is 0 Å². The smallest absolute Gasteiger partial charge is 0.262 e. The van der Waals surface area contributed by atoms with Gasteiger partial charge in [-0.3, -0.25) is 4.79 Å². The molecule has 0 bridgehead atoms. The Labute approximate surface area is 177 Å². The molecule has 0 saturated heterocycles. The van der Waals surface area contributed by atoms with E-state index in [4.69, 9.17) is 32.9 Å². The molecular formula is C22H17Cl2N3O2. The van der Waals surface area contributed by atoms with Crippen LogP contribution in [-0.4, -0.2) is 21.9 Å². The molecule has 0 fully saturated rings. The largest absolute Gasteiger partial charge is 0.482 e. The van der Waals surface area contributed by atoms with E-state index >= 15 is 0 Å². The number of para-hydroxylation sites is 1. The Morgan fingerprint density at radius 1 is 1.14 bits per heavy atom. The van der Waals surface area contributed by atoms with Gasteiger partial charge < -0.3 is 14.5 Å². The van der Waals surface area contributed by atoms with E-state index in [1.807, 2.05) is 60.1 Å². The second kappa shape index (κ2) is 8.15. The summed E-state index contributed by atoms with van der Waals surface area (Å²) in [7, 11) is 0. The molecule has 0 saturated carbocycles. The van der Waals surface area contributed by atoms with Crippen molar-refractivity contribution in [3.8, 4) is 17.0 Å². The lowest BCUT2D eigenvalue weighted by atomic mass is 10.1. The maximum Gasteiger partial charge on any atom is 0.262 e. The Morgan fingerprint density at radius 2 is 1.97 bits per heavy atom. The Kier molecular flexibility index (Phi) is 5.43. The first kappa shape index (κ1) is 19.3. The molecule has 1 amide bonds. The number of hydrogen-bond acceptors (Lipinski definition) is 3. The molecule has 1 N–H and O–H groups in total. The SMILES string of the molecule is Cc1cccn2cc(-c3ccccc3NC(=O)COc3ccc(Cl)cc3Cl)nc12. The van der Waals surface area contributed by atoms with Crippen molar-refractivity contribution in [3.63, 3.8) is 0 Å². The van der Waals surface area contributed by atoms with Crippen molar-refractivity contribution in [2.24, 2.45) is 0 Å². The summed E-state index contributed by atoms with van der Waals surface area (Å²) in [6.07, 6.45) is 3.89. The lowest BCUT2D eigenvalue weighted by Gasteiger charge is -2.11. The summed E-state index contributed by atoms with van der Waals surface area (Å²) in [5.41, 5.74) is 4.22. The van der Waals surface area contributed by atoms with Crippen molar-refractivity contribution in [3.05, 3.63) is 82.6 Å². The van der Waals surface area contributed by atoms with Crippen LogP contribution in [0.3, 0.4) is 0 Å². The first-order chi connectivity index (χ1) is 14.0. The standard InChI is InChI=1S/C22H17Cl2N3O2/c1-14-5-4-10-27-12-19(26-22(14)27)16-6-2-3-7-18(16)25-21(28)13-29-20-9-8-15(23)11-17(20)24/h2-12H,13H2,1H3,(H,25,28). The average molecular weight is 426 g/mol. The van der Waals surface area contributed by atoms with Gasteiger partial charge in [0.05, 0.1) is 16.4 Å². The number of amides is 1. The number of fused-ring (bicyclic) bond motifs is 1. The molecule has 146 valence electrons. The van der Waals surface area contributed by atoms with Crippen molar-refractivity contribution < 1.29 is 9.53 Å². The summed E-state index contributed by atoms with van der Waals surface area (Å²) in [6, 6.07) is 16.4. The van der Waals surface area contributed by atoms with E-state index in [-0.39, 0.29) is 12.5 Å². The van der Waals surface area contributed by atoms with Crippen molar-refractivity contribution in [1.29, 1.82) is 0 Å². The summed E-state index contributed by atoms with van der Waals surface area (Å²) in [4.78, 5) is 17.2. The molecule has 2 aromatic heterocycles. The number of nitrogens with one attached hydrogen (secondary N) is 1. The van der Waals surface area contributed by atoms with Gasteiger partial charge in [-0.1, -0.05) is 47.5 Å². The number of ether oxygens (including phenoxy) is 1. The van der Waals surface area contributed by atoms with E-state index in [2.05, 4.69) is 5.32 Å². The van der Waals surface area contributed by atoms with Crippen molar-refractivity contribution in [2.75, 3.05) is 11.9 Å². The number of imidazole rings is 1. The van der Waals surface area contributed by atoms with Gasteiger partial charge in [-0.2, -0.15) is 0 Å². The van der Waals surface area contributed by atoms with Gasteiger partial charge in [0.25, 0.3) is 5.91 Å². The normalized spacial score (nSPS) is 10.9. The topological polar surface area (TPSA) is 55.6 Å². The molecule has 5 nitrogen and oxygen atoms in total. The van der Waals surface area contributed by atoms with Gasteiger partial charge in [-0.25, -0.2) is 4.98 Å². The summed E-state index contributed by atoms with van der Waals surface area (Å²) in [5.74, 6) is 0.0961. The van der Waals surface area contributed by atoms with E-state index in [0.717, 1.165) is 22.5 Å². The molecule has 0 aliphatic rings. The predicted molar refractivity (Wildman–Crippen MR) is 116 cm³/mol. The van der Waals surface area contributed by atoms with Gasteiger partial charge in [0.1, 0.15) is 11.4 Å². The average Bonchev–Trinajstić information content (AvgIpc) is 3.13. The molecular weight excluding hydrogens is 409 g/mol. The number of carbonyl (C=O) groups is 1. The summed E-state index contributed by atoms with van der Waals surface area (Å²) in [5, 5.41) is 3.74. The quantitative estimate of drug-likeness (QED) is 0.450. The zero-order valence-electron chi connectivity index (χ0n) is 15.5. The van der Waals surface area contributed by atoms with Crippen LogP contribution in [0.1, 0.15) is 5.56 Å². The number of rotatable bonds is 5. The fraction of sp³-hybridized carbons (Fsp3) is 0.0909. The summed E-state index contributed by atoms with van der Waals surface area (Å²) < 4.78 is 7.48. The third-order valence-corrected chi connectivity index (χ3v) is 4.94. The molecule has 7 heteroatoms. The molecule has 0 atom stereocenters. The second-order valence-corrected chi connectivity index (χ2v) is 7.35. The maximum absolute atomic E-state index is 12.4. The number of nitrogens with zero attached hydrogens (tertiary/aromatic N) is 2. The Hall–Kier alpha value is -3.02. The van der Waals surface area contributed by atoms with Gasteiger partial charge in [-0.15, -0.1) is 0 Å². The van der Waals surface area contributed by atoms with Crippen LogP contribution in [0.5, 0.6) is 5.75 Å². The molecule has 4 rings (SSSR count). The summed E-state index contributed by atoms with van der Waals surface area (Å²) >= 11 is 12.0. The van der Waals surface area contributed by atoms with E-state index in [1.54, 1.807) is 18.2 Å². The number of pyridine rings is 1. The maximum atomic E-state index is 12.4. The molecule has 0 radical (unpaired) electrons. The zero-order valence-corrected chi connectivity index (χ0v) is 17.0. The Morgan fingerprint density at radius 3 is 2.76 bits per heavy atom. The lowest BCUT2D eigenvalue weighted by molar-refractivity contribution is -0.118. The third-order valence-electron chi connectivity index (χ3n) is 4.41. The van der Waals surface area contributed by atoms with Crippen LogP contribution < -0.4 is 10.1 Å². The number of aryl methyl sites for hydroxylation is 1. The number of aromatic nitrogens is 2. The van der Waals surface area contributed by atoms with E-state index in [1.165, 1.54) is 0 Å². The van der Waals surface area contributed by atoms with Crippen LogP contribution in [0.25, 0.3) is 16.9 Å². The van der Waals surface area contributed by atoms with Gasteiger partial charge in [-0.05, 0) is 42.8 Å². The summed E-state index contributed by atoms with van der Waals surface area (Å²) in [6.45, 7) is 1.83. The predicted octanol–water partition coefficient (Wildman–Crippen LogP) is 5.63. The van der Waals surface area contributed by atoms with Gasteiger partial charge >= 0.3 is 0 Å². The highest BCUT2D eigenvalue weighted by atomic mass is 35.5. The Balaban J connectivity index is 1.53. The van der Waals surface area contributed by atoms with Crippen LogP contribution in [0.15, 0.2) is 67.0 Å². The fourth-order valence-electron chi connectivity index (χ4n) is 3.02. The molecule has 29 heavy (non-hydrogen) atoms. The lowest BCUT2D eigenvalue weighted by Crippen LogP contribution is -2.20. The van der Waals surface area contributed by atoms with Crippen molar-refractivity contribution >= 4 is 40.4 Å². The van der Waals surface area contributed by atoms with E-state index in [9.17, 15) is 4.79 Å². The molecule has 0 aliphatic heterocycles. The highest BCUT2D eigenvalue weighted by molar-refractivity contribution is 6.35. The minimum absolute atomic E-state index is 0.181. The van der Waals surface area contributed by atoms with Crippen molar-refractivity contribution in [2.45, 2.75) is 6.92 Å². The van der Waals surface area contributed by atoms with E-state index in [0.29, 0.717) is 21.5 Å². The number of anilines is 1. The monoisotopic (exact) mass is 425 g/mol. The fourth-order valence-corrected chi connectivity index (χ4v) is 3.48. The third kappa shape index (κ3) is 4.21. The van der Waals surface area contributed by atoms with Crippen LogP contribution in [0, 0.1) is 6.92 Å². The minimum Gasteiger partial charge on any atom is -0.482 e. The zero-order chi connectivity index (χ0) is 20.4. The van der Waals surface area contributed by atoms with Crippen LogP contribution in [0.4, 0.5) is 5.69 Å².